The minimum atomic E-state index is -0.491. The van der Waals surface area contributed by atoms with Gasteiger partial charge in [-0.05, 0) is 31.0 Å². The van der Waals surface area contributed by atoms with Crippen LogP contribution in [0.5, 0.6) is 0 Å². The number of benzene rings is 1. The third kappa shape index (κ3) is 3.56. The van der Waals surface area contributed by atoms with E-state index < -0.39 is 11.4 Å². The average molecular weight is 372 g/mol. The van der Waals surface area contributed by atoms with E-state index >= 15 is 0 Å². The monoisotopic (exact) mass is 372 g/mol. The van der Waals surface area contributed by atoms with Gasteiger partial charge in [0.1, 0.15) is 18.7 Å². The predicted molar refractivity (Wildman–Crippen MR) is 92.9 cm³/mol. The Morgan fingerprint density at radius 1 is 1.41 bits per heavy atom. The second kappa shape index (κ2) is 7.23. The Hall–Kier alpha value is -3.14. The number of hydrogen-bond donors (Lipinski definition) is 1. The van der Waals surface area contributed by atoms with Crippen LogP contribution in [0.1, 0.15) is 12.8 Å². The van der Waals surface area contributed by atoms with Crippen molar-refractivity contribution in [1.29, 1.82) is 0 Å². The molecular weight excluding hydrogens is 355 g/mol. The van der Waals surface area contributed by atoms with Gasteiger partial charge in [-0.25, -0.2) is 9.37 Å². The van der Waals surface area contributed by atoms with Crippen molar-refractivity contribution in [2.45, 2.75) is 25.5 Å². The molecule has 0 spiro atoms. The van der Waals surface area contributed by atoms with Gasteiger partial charge in [-0.3, -0.25) is 14.2 Å². The highest BCUT2D eigenvalue weighted by Gasteiger charge is 2.18. The predicted octanol–water partition coefficient (Wildman–Crippen LogP) is 0.411. The van der Waals surface area contributed by atoms with Crippen LogP contribution in [0.4, 0.5) is 4.39 Å². The van der Waals surface area contributed by atoms with Gasteiger partial charge in [-0.15, -0.1) is 5.10 Å². The Balaban J connectivity index is 1.54. The number of aromatic nitrogens is 5. The van der Waals surface area contributed by atoms with Crippen molar-refractivity contribution >= 4 is 17.1 Å². The molecule has 10 heteroatoms. The van der Waals surface area contributed by atoms with Crippen LogP contribution in [-0.2, 0) is 16.1 Å². The quantitative estimate of drug-likeness (QED) is 0.696. The van der Waals surface area contributed by atoms with E-state index in [1.165, 1.54) is 29.2 Å². The van der Waals surface area contributed by atoms with Gasteiger partial charge >= 0.3 is 0 Å². The standard InChI is InChI=1S/C17H17FN6O3/c18-11-3-1-4-12(7-11)24-16-15(21-22-24)17(26)23(10-20-16)9-14(25)19-8-13-5-2-6-27-13/h1,3-4,7,10,13H,2,5-6,8-9H2,(H,19,25)/t13-/m0/s1. The number of carbonyl (C=O) groups is 1. The summed E-state index contributed by atoms with van der Waals surface area (Å²) in [5, 5.41) is 10.5. The van der Waals surface area contributed by atoms with Crippen molar-refractivity contribution < 1.29 is 13.9 Å². The van der Waals surface area contributed by atoms with Gasteiger partial charge in [0.15, 0.2) is 11.2 Å². The molecule has 1 aromatic carbocycles. The Labute approximate surface area is 152 Å². The van der Waals surface area contributed by atoms with E-state index in [4.69, 9.17) is 4.74 Å². The number of rotatable bonds is 5. The molecule has 1 atom stereocenters. The Morgan fingerprint density at radius 2 is 2.30 bits per heavy atom. The molecule has 140 valence electrons. The summed E-state index contributed by atoms with van der Waals surface area (Å²) in [5.74, 6) is -0.751. The average Bonchev–Trinajstić information content (AvgIpc) is 3.32. The minimum absolute atomic E-state index is 0.00804. The van der Waals surface area contributed by atoms with Crippen LogP contribution in [0, 0.1) is 5.82 Å². The van der Waals surface area contributed by atoms with E-state index in [0.717, 1.165) is 17.4 Å². The second-order valence-corrected chi connectivity index (χ2v) is 6.27. The summed E-state index contributed by atoms with van der Waals surface area (Å²) < 4.78 is 21.3. The van der Waals surface area contributed by atoms with Crippen LogP contribution >= 0.6 is 0 Å². The van der Waals surface area contributed by atoms with E-state index in [1.807, 2.05) is 0 Å². The highest BCUT2D eigenvalue weighted by molar-refractivity contribution is 5.76. The molecule has 0 bridgehead atoms. The van der Waals surface area contributed by atoms with Crippen LogP contribution in [0.3, 0.4) is 0 Å². The zero-order valence-electron chi connectivity index (χ0n) is 14.3. The van der Waals surface area contributed by atoms with Crippen molar-refractivity contribution in [3.8, 4) is 5.69 Å². The fraction of sp³-hybridized carbons (Fsp3) is 0.353. The van der Waals surface area contributed by atoms with Gasteiger partial charge in [0, 0.05) is 13.2 Å². The zero-order chi connectivity index (χ0) is 18.8. The van der Waals surface area contributed by atoms with Crippen molar-refractivity contribution in [3.05, 3.63) is 46.8 Å². The minimum Gasteiger partial charge on any atom is -0.376 e. The van der Waals surface area contributed by atoms with E-state index in [1.54, 1.807) is 6.07 Å². The highest BCUT2D eigenvalue weighted by atomic mass is 19.1. The first-order valence-corrected chi connectivity index (χ1v) is 8.57. The summed E-state index contributed by atoms with van der Waals surface area (Å²) in [6.07, 6.45) is 3.19. The van der Waals surface area contributed by atoms with Crippen molar-refractivity contribution in [2.24, 2.45) is 0 Å². The second-order valence-electron chi connectivity index (χ2n) is 6.27. The smallest absolute Gasteiger partial charge is 0.284 e. The number of halogens is 1. The van der Waals surface area contributed by atoms with E-state index in [0.29, 0.717) is 18.8 Å². The third-order valence-corrected chi connectivity index (χ3v) is 4.35. The molecular formula is C17H17FN6O3. The van der Waals surface area contributed by atoms with Crippen molar-refractivity contribution in [1.82, 2.24) is 29.9 Å². The van der Waals surface area contributed by atoms with E-state index in [2.05, 4.69) is 20.6 Å². The molecule has 0 radical (unpaired) electrons. The number of nitrogens with zero attached hydrogens (tertiary/aromatic N) is 5. The SMILES string of the molecule is O=C(Cn1cnc2c(nnn2-c2cccc(F)c2)c1=O)NC[C@@H]1CCCO1. The molecule has 1 aliphatic rings. The molecule has 1 aliphatic heterocycles. The molecule has 1 fully saturated rings. The number of nitrogens with one attached hydrogen (secondary N) is 1. The lowest BCUT2D eigenvalue weighted by atomic mass is 10.2. The fourth-order valence-corrected chi connectivity index (χ4v) is 2.98. The summed E-state index contributed by atoms with van der Waals surface area (Å²) in [7, 11) is 0. The Kier molecular flexibility index (Phi) is 4.63. The molecule has 9 nitrogen and oxygen atoms in total. The molecule has 3 aromatic rings. The summed E-state index contributed by atoms with van der Waals surface area (Å²) >= 11 is 0. The third-order valence-electron chi connectivity index (χ3n) is 4.35. The molecule has 27 heavy (non-hydrogen) atoms. The van der Waals surface area contributed by atoms with Gasteiger partial charge in [0.2, 0.25) is 5.91 Å². The summed E-state index contributed by atoms with van der Waals surface area (Å²) in [5.41, 5.74) is 0.113. The maximum Gasteiger partial charge on any atom is 0.284 e. The Bertz CT molecular complexity index is 1040. The molecule has 3 heterocycles. The van der Waals surface area contributed by atoms with Crippen molar-refractivity contribution in [2.75, 3.05) is 13.2 Å². The van der Waals surface area contributed by atoms with Crippen molar-refractivity contribution in [3.63, 3.8) is 0 Å². The molecule has 4 rings (SSSR count). The molecule has 1 saturated heterocycles. The van der Waals surface area contributed by atoms with Gasteiger partial charge in [0.25, 0.3) is 5.56 Å². The maximum absolute atomic E-state index is 13.4. The van der Waals surface area contributed by atoms with Gasteiger partial charge < -0.3 is 10.1 Å². The molecule has 0 unspecified atom stereocenters. The van der Waals surface area contributed by atoms with E-state index in [-0.39, 0.29) is 29.7 Å². The maximum atomic E-state index is 13.4. The van der Waals surface area contributed by atoms with Gasteiger partial charge in [0.05, 0.1) is 11.8 Å². The number of carbonyl (C=O) groups excluding carboxylic acids is 1. The fourth-order valence-electron chi connectivity index (χ4n) is 2.98. The topological polar surface area (TPSA) is 104 Å². The number of ether oxygens (including phenoxy) is 1. The number of hydrogen-bond acceptors (Lipinski definition) is 6. The summed E-state index contributed by atoms with van der Waals surface area (Å²) in [6.45, 7) is 0.946. The first-order valence-electron chi connectivity index (χ1n) is 8.57. The molecule has 0 saturated carbocycles. The number of amides is 1. The molecule has 1 amide bonds. The molecule has 1 N–H and O–H groups in total. The molecule has 0 aliphatic carbocycles. The highest BCUT2D eigenvalue weighted by Crippen LogP contribution is 2.13. The summed E-state index contributed by atoms with van der Waals surface area (Å²) in [4.78, 5) is 28.8. The van der Waals surface area contributed by atoms with Crippen LogP contribution < -0.4 is 10.9 Å². The van der Waals surface area contributed by atoms with Crippen LogP contribution in [0.15, 0.2) is 35.4 Å². The lowest BCUT2D eigenvalue weighted by Crippen LogP contribution is -2.36. The van der Waals surface area contributed by atoms with Gasteiger partial charge in [-0.2, -0.15) is 4.68 Å². The van der Waals surface area contributed by atoms with Crippen LogP contribution in [0.25, 0.3) is 16.9 Å². The Morgan fingerprint density at radius 3 is 3.07 bits per heavy atom. The number of fused-ring (bicyclic) bond motifs is 1. The first-order chi connectivity index (χ1) is 13.1. The van der Waals surface area contributed by atoms with Crippen LogP contribution in [0.2, 0.25) is 0 Å². The zero-order valence-corrected chi connectivity index (χ0v) is 14.3. The normalized spacial score (nSPS) is 16.7. The lowest BCUT2D eigenvalue weighted by Gasteiger charge is -2.11. The first kappa shape index (κ1) is 17.3. The van der Waals surface area contributed by atoms with E-state index in [9.17, 15) is 14.0 Å². The largest absolute Gasteiger partial charge is 0.376 e. The van der Waals surface area contributed by atoms with Crippen LogP contribution in [-0.4, -0.2) is 49.7 Å². The summed E-state index contributed by atoms with van der Waals surface area (Å²) in [6, 6.07) is 5.72. The lowest BCUT2D eigenvalue weighted by molar-refractivity contribution is -0.122. The van der Waals surface area contributed by atoms with Gasteiger partial charge in [-0.1, -0.05) is 11.3 Å². The molecule has 2 aromatic heterocycles.